The first-order valence-electron chi connectivity index (χ1n) is 9.04. The number of hydrogen-bond donors (Lipinski definition) is 2. The monoisotopic (exact) mass is 392 g/mol. The molecule has 0 aliphatic heterocycles. The molecule has 1 rings (SSSR count). The molecule has 0 bridgehead atoms. The number of alkyl carbamates (subject to hydrolysis) is 1. The first-order chi connectivity index (χ1) is 13.2. The quantitative estimate of drug-likeness (QED) is 0.649. The maximum Gasteiger partial charge on any atom is 0.413 e. The van der Waals surface area contributed by atoms with Crippen LogP contribution in [0.3, 0.4) is 0 Å². The lowest BCUT2D eigenvalue weighted by Crippen LogP contribution is -2.45. The highest BCUT2D eigenvalue weighted by Gasteiger charge is 2.19. The normalized spacial score (nSPS) is 10.3. The van der Waals surface area contributed by atoms with E-state index in [0.717, 1.165) is 5.56 Å². The number of amides is 4. The summed E-state index contributed by atoms with van der Waals surface area (Å²) in [5, 5.41) is 4.81. The van der Waals surface area contributed by atoms with Crippen LogP contribution >= 0.6 is 0 Å². The lowest BCUT2D eigenvalue weighted by molar-refractivity contribution is -0.134. The number of nitrogens with one attached hydrogen (secondary N) is 2. The molecule has 0 aliphatic carbocycles. The van der Waals surface area contributed by atoms with Crippen LogP contribution in [0.1, 0.15) is 19.4 Å². The van der Waals surface area contributed by atoms with Gasteiger partial charge in [0.25, 0.3) is 0 Å². The summed E-state index contributed by atoms with van der Waals surface area (Å²) in [5.74, 6) is -1.19. The van der Waals surface area contributed by atoms with Crippen molar-refractivity contribution < 1.29 is 23.9 Å². The second kappa shape index (κ2) is 11.7. The number of likely N-dealkylation sites (N-methyl/N-ethyl adjacent to an activating group) is 2. The van der Waals surface area contributed by atoms with Crippen LogP contribution in [0.5, 0.6) is 0 Å². The average molecular weight is 392 g/mol. The summed E-state index contributed by atoms with van der Waals surface area (Å²) in [6.45, 7) is 5.65. The Balaban J connectivity index is 2.47. The molecule has 2 N–H and O–H groups in total. The van der Waals surface area contributed by atoms with E-state index in [0.29, 0.717) is 12.2 Å². The predicted octanol–water partition coefficient (Wildman–Crippen LogP) is 0.987. The zero-order valence-electron chi connectivity index (χ0n) is 16.8. The fourth-order valence-corrected chi connectivity index (χ4v) is 2.26. The van der Waals surface area contributed by atoms with Gasteiger partial charge in [-0.3, -0.25) is 24.6 Å². The summed E-state index contributed by atoms with van der Waals surface area (Å²) in [5.41, 5.74) is 1.74. The SMILES string of the molecule is CCOC(=O)NC(=O)CN(CC)CC(=O)N(C)CC(=O)Nc1ccc(C)cc1. The fraction of sp³-hybridized carbons (Fsp3) is 0.474. The van der Waals surface area contributed by atoms with Gasteiger partial charge in [0.05, 0.1) is 26.2 Å². The number of imide groups is 1. The molecule has 0 heterocycles. The number of carbonyl (C=O) groups is 4. The Morgan fingerprint density at radius 1 is 0.964 bits per heavy atom. The molecule has 0 fully saturated rings. The van der Waals surface area contributed by atoms with Crippen LogP contribution < -0.4 is 10.6 Å². The maximum absolute atomic E-state index is 12.3. The number of ether oxygens (including phenoxy) is 1. The molecule has 0 atom stereocenters. The molecule has 1 aromatic carbocycles. The summed E-state index contributed by atoms with van der Waals surface area (Å²) < 4.78 is 4.64. The number of rotatable bonds is 9. The molecule has 0 saturated carbocycles. The predicted molar refractivity (Wildman–Crippen MR) is 105 cm³/mol. The van der Waals surface area contributed by atoms with Gasteiger partial charge in [0.1, 0.15) is 0 Å². The Labute approximate surface area is 165 Å². The smallest absolute Gasteiger partial charge is 0.413 e. The van der Waals surface area contributed by atoms with Crippen molar-refractivity contribution in [2.75, 3.05) is 45.2 Å². The number of aryl methyl sites for hydroxylation is 1. The number of hydrogen-bond acceptors (Lipinski definition) is 6. The third-order valence-corrected chi connectivity index (χ3v) is 3.83. The van der Waals surface area contributed by atoms with Crippen molar-refractivity contribution in [2.24, 2.45) is 0 Å². The highest BCUT2D eigenvalue weighted by atomic mass is 16.5. The van der Waals surface area contributed by atoms with Crippen LogP contribution in [0.15, 0.2) is 24.3 Å². The van der Waals surface area contributed by atoms with E-state index in [-0.39, 0.29) is 38.1 Å². The maximum atomic E-state index is 12.3. The molecule has 4 amide bonds. The first kappa shape index (κ1) is 23.1. The van der Waals surface area contributed by atoms with Gasteiger partial charge in [0.2, 0.25) is 17.7 Å². The standard InChI is InChI=1S/C19H28N4O5/c1-5-23(12-17(25)21-19(27)28-6-2)13-18(26)22(4)11-16(24)20-15-9-7-14(3)8-10-15/h7-10H,5-6,11-13H2,1-4H3,(H,20,24)(H,21,25,27). The Hall–Kier alpha value is -2.94. The summed E-state index contributed by atoms with van der Waals surface area (Å²) in [6.07, 6.45) is -0.820. The summed E-state index contributed by atoms with van der Waals surface area (Å²) in [6, 6.07) is 7.34. The first-order valence-corrected chi connectivity index (χ1v) is 9.04. The lowest BCUT2D eigenvalue weighted by atomic mass is 10.2. The van der Waals surface area contributed by atoms with E-state index >= 15 is 0 Å². The van der Waals surface area contributed by atoms with Gasteiger partial charge in [0, 0.05) is 12.7 Å². The molecule has 0 aliphatic rings. The Bertz CT molecular complexity index is 690. The van der Waals surface area contributed by atoms with E-state index in [1.54, 1.807) is 30.9 Å². The van der Waals surface area contributed by atoms with E-state index in [2.05, 4.69) is 15.4 Å². The van der Waals surface area contributed by atoms with Crippen LogP contribution in [-0.4, -0.2) is 73.4 Å². The molecule has 0 radical (unpaired) electrons. The van der Waals surface area contributed by atoms with Gasteiger partial charge < -0.3 is 15.0 Å². The molecule has 0 spiro atoms. The van der Waals surface area contributed by atoms with Crippen LogP contribution in [0.4, 0.5) is 10.5 Å². The minimum atomic E-state index is -0.820. The third-order valence-electron chi connectivity index (χ3n) is 3.83. The minimum absolute atomic E-state index is 0.0545. The molecule has 0 aromatic heterocycles. The molecular formula is C19H28N4O5. The van der Waals surface area contributed by atoms with Crippen molar-refractivity contribution in [3.05, 3.63) is 29.8 Å². The van der Waals surface area contributed by atoms with Crippen molar-refractivity contribution in [2.45, 2.75) is 20.8 Å². The zero-order valence-corrected chi connectivity index (χ0v) is 16.8. The molecule has 0 saturated heterocycles. The number of carbonyl (C=O) groups excluding carboxylic acids is 4. The van der Waals surface area contributed by atoms with Gasteiger partial charge in [-0.2, -0.15) is 0 Å². The van der Waals surface area contributed by atoms with Crippen LogP contribution in [0.2, 0.25) is 0 Å². The van der Waals surface area contributed by atoms with Gasteiger partial charge >= 0.3 is 6.09 Å². The molecule has 1 aromatic rings. The highest BCUT2D eigenvalue weighted by Crippen LogP contribution is 2.08. The summed E-state index contributed by atoms with van der Waals surface area (Å²) in [4.78, 5) is 50.3. The summed E-state index contributed by atoms with van der Waals surface area (Å²) >= 11 is 0. The number of anilines is 1. The van der Waals surface area contributed by atoms with Gasteiger partial charge in [-0.1, -0.05) is 24.6 Å². The second-order valence-corrected chi connectivity index (χ2v) is 6.24. The second-order valence-electron chi connectivity index (χ2n) is 6.24. The van der Waals surface area contributed by atoms with E-state index < -0.39 is 12.0 Å². The van der Waals surface area contributed by atoms with Crippen molar-refractivity contribution in [1.82, 2.24) is 15.1 Å². The van der Waals surface area contributed by atoms with Crippen molar-refractivity contribution in [3.63, 3.8) is 0 Å². The van der Waals surface area contributed by atoms with Gasteiger partial charge in [0.15, 0.2) is 0 Å². The van der Waals surface area contributed by atoms with E-state index in [9.17, 15) is 19.2 Å². The Morgan fingerprint density at radius 3 is 2.18 bits per heavy atom. The largest absolute Gasteiger partial charge is 0.450 e. The third kappa shape index (κ3) is 8.63. The van der Waals surface area contributed by atoms with Crippen molar-refractivity contribution in [1.29, 1.82) is 0 Å². The molecule has 0 unspecified atom stereocenters. The van der Waals surface area contributed by atoms with E-state index in [1.165, 1.54) is 11.9 Å². The topological polar surface area (TPSA) is 108 Å². The lowest BCUT2D eigenvalue weighted by Gasteiger charge is -2.23. The number of benzene rings is 1. The van der Waals surface area contributed by atoms with Gasteiger partial charge in [-0.15, -0.1) is 0 Å². The van der Waals surface area contributed by atoms with Gasteiger partial charge in [-0.05, 0) is 32.5 Å². The van der Waals surface area contributed by atoms with Crippen LogP contribution in [-0.2, 0) is 19.1 Å². The average Bonchev–Trinajstić information content (AvgIpc) is 2.62. The number of nitrogens with zero attached hydrogens (tertiary/aromatic N) is 2. The summed E-state index contributed by atoms with van der Waals surface area (Å²) in [7, 11) is 1.52. The molecule has 28 heavy (non-hydrogen) atoms. The Morgan fingerprint density at radius 2 is 1.61 bits per heavy atom. The molecule has 154 valence electrons. The van der Waals surface area contributed by atoms with Crippen LogP contribution in [0, 0.1) is 6.92 Å². The Kier molecular flexibility index (Phi) is 9.66. The highest BCUT2D eigenvalue weighted by molar-refractivity contribution is 5.95. The minimum Gasteiger partial charge on any atom is -0.450 e. The van der Waals surface area contributed by atoms with E-state index in [4.69, 9.17) is 0 Å². The zero-order chi connectivity index (χ0) is 21.1. The molecule has 9 heteroatoms. The van der Waals surface area contributed by atoms with Crippen LogP contribution in [0.25, 0.3) is 0 Å². The molecular weight excluding hydrogens is 364 g/mol. The van der Waals surface area contributed by atoms with Gasteiger partial charge in [-0.25, -0.2) is 4.79 Å². The van der Waals surface area contributed by atoms with E-state index in [1.807, 2.05) is 19.1 Å². The molecule has 9 nitrogen and oxygen atoms in total. The van der Waals surface area contributed by atoms with Crippen molar-refractivity contribution >= 4 is 29.5 Å². The fourth-order valence-electron chi connectivity index (χ4n) is 2.26. The van der Waals surface area contributed by atoms with Crippen molar-refractivity contribution in [3.8, 4) is 0 Å².